The normalized spacial score (nSPS) is 13.3. The molecule has 0 aliphatic heterocycles. The van der Waals surface area contributed by atoms with E-state index < -0.39 is 5.97 Å². The maximum Gasteiger partial charge on any atom is 0.350 e. The van der Waals surface area contributed by atoms with E-state index in [1.807, 2.05) is 0 Å². The zero-order valence-corrected chi connectivity index (χ0v) is 18.2. The van der Waals surface area contributed by atoms with E-state index in [0.717, 1.165) is 23.4 Å². The van der Waals surface area contributed by atoms with E-state index in [-0.39, 0.29) is 24.4 Å². The van der Waals surface area contributed by atoms with Crippen LogP contribution in [0.2, 0.25) is 0 Å². The van der Waals surface area contributed by atoms with Crippen molar-refractivity contribution < 1.29 is 18.7 Å². The van der Waals surface area contributed by atoms with E-state index in [1.165, 1.54) is 34.8 Å². The summed E-state index contributed by atoms with van der Waals surface area (Å²) >= 11 is 2.51. The number of aromatic nitrogens is 2. The van der Waals surface area contributed by atoms with Crippen LogP contribution >= 0.6 is 22.7 Å². The van der Waals surface area contributed by atoms with Crippen molar-refractivity contribution in [2.75, 3.05) is 11.5 Å². The number of anilines is 1. The molecule has 0 bridgehead atoms. The molecule has 0 spiro atoms. The van der Waals surface area contributed by atoms with Crippen molar-refractivity contribution in [2.24, 2.45) is 0 Å². The Morgan fingerprint density at radius 1 is 1.23 bits per heavy atom. The second kappa shape index (κ2) is 8.61. The van der Waals surface area contributed by atoms with Crippen LogP contribution in [0, 0.1) is 12.7 Å². The van der Waals surface area contributed by atoms with Crippen LogP contribution in [0.25, 0.3) is 0 Å². The van der Waals surface area contributed by atoms with Crippen LogP contribution in [0.1, 0.15) is 55.4 Å². The highest BCUT2D eigenvalue weighted by Crippen LogP contribution is 2.37. The number of rotatable bonds is 7. The summed E-state index contributed by atoms with van der Waals surface area (Å²) in [6, 6.07) is 6.33. The quantitative estimate of drug-likeness (QED) is 0.496. The van der Waals surface area contributed by atoms with Crippen molar-refractivity contribution in [1.82, 2.24) is 9.97 Å². The molecule has 1 aliphatic rings. The molecule has 1 aromatic carbocycles. The van der Waals surface area contributed by atoms with Crippen molar-refractivity contribution in [3.8, 4) is 0 Å². The lowest BCUT2D eigenvalue weighted by molar-refractivity contribution is 0.0531. The minimum Gasteiger partial charge on any atom is -0.462 e. The van der Waals surface area contributed by atoms with Gasteiger partial charge in [0.15, 0.2) is 5.13 Å². The minimum atomic E-state index is -0.415. The van der Waals surface area contributed by atoms with E-state index in [2.05, 4.69) is 9.97 Å². The first-order valence-corrected chi connectivity index (χ1v) is 11.3. The van der Waals surface area contributed by atoms with Crippen molar-refractivity contribution in [1.29, 1.82) is 0 Å². The number of hydrogen-bond donors (Lipinski definition) is 0. The number of halogens is 1. The summed E-state index contributed by atoms with van der Waals surface area (Å²) in [4.78, 5) is 36.9. The Morgan fingerprint density at radius 3 is 2.63 bits per heavy atom. The summed E-state index contributed by atoms with van der Waals surface area (Å²) in [7, 11) is 0. The number of nitrogens with zero attached hydrogens (tertiary/aromatic N) is 3. The average molecular weight is 446 g/mol. The molecule has 9 heteroatoms. The van der Waals surface area contributed by atoms with Crippen LogP contribution in [0.4, 0.5) is 9.52 Å². The number of carbonyl (C=O) groups is 2. The first kappa shape index (κ1) is 20.6. The lowest BCUT2D eigenvalue weighted by atomic mass is 10.2. The second-order valence-electron chi connectivity index (χ2n) is 6.96. The topological polar surface area (TPSA) is 72.4 Å². The van der Waals surface area contributed by atoms with Gasteiger partial charge in [-0.05, 0) is 44.4 Å². The number of benzene rings is 1. The Hall–Kier alpha value is -2.65. The maximum absolute atomic E-state index is 13.3. The maximum atomic E-state index is 13.3. The largest absolute Gasteiger partial charge is 0.462 e. The Labute approximate surface area is 181 Å². The minimum absolute atomic E-state index is 0.0840. The van der Waals surface area contributed by atoms with Crippen molar-refractivity contribution >= 4 is 39.7 Å². The number of amides is 1. The lowest BCUT2D eigenvalue weighted by Gasteiger charge is -2.18. The van der Waals surface area contributed by atoms with Gasteiger partial charge in [0.25, 0.3) is 5.91 Å². The van der Waals surface area contributed by atoms with Crippen LogP contribution in [0.5, 0.6) is 0 Å². The van der Waals surface area contributed by atoms with Gasteiger partial charge in [-0.3, -0.25) is 9.69 Å². The van der Waals surface area contributed by atoms with Crippen LogP contribution in [0.15, 0.2) is 30.5 Å². The average Bonchev–Trinajstić information content (AvgIpc) is 3.31. The SMILES string of the molecule is CCOC(=O)c1sc(N(C(=O)c2cnc(Cc3ccc(F)cc3)s2)C2CC2)nc1C. The summed E-state index contributed by atoms with van der Waals surface area (Å²) in [6.45, 7) is 3.78. The number of thiazole rings is 2. The molecule has 6 nitrogen and oxygen atoms in total. The lowest BCUT2D eigenvalue weighted by Crippen LogP contribution is -2.32. The molecular formula is C21H20FN3O3S2. The molecule has 0 N–H and O–H groups in total. The highest BCUT2D eigenvalue weighted by atomic mass is 32.1. The van der Waals surface area contributed by atoms with E-state index in [9.17, 15) is 14.0 Å². The number of esters is 1. The highest BCUT2D eigenvalue weighted by molar-refractivity contribution is 7.18. The molecule has 2 heterocycles. The van der Waals surface area contributed by atoms with Crippen LogP contribution in [-0.4, -0.2) is 34.5 Å². The van der Waals surface area contributed by atoms with Gasteiger partial charge in [-0.1, -0.05) is 23.5 Å². The molecule has 3 aromatic rings. The molecule has 30 heavy (non-hydrogen) atoms. The van der Waals surface area contributed by atoms with Crippen LogP contribution in [-0.2, 0) is 11.2 Å². The van der Waals surface area contributed by atoms with Gasteiger partial charge >= 0.3 is 5.97 Å². The first-order chi connectivity index (χ1) is 14.5. The first-order valence-electron chi connectivity index (χ1n) is 9.63. The highest BCUT2D eigenvalue weighted by Gasteiger charge is 2.37. The fourth-order valence-electron chi connectivity index (χ4n) is 3.00. The molecule has 0 unspecified atom stereocenters. The monoisotopic (exact) mass is 445 g/mol. The molecule has 0 radical (unpaired) electrons. The summed E-state index contributed by atoms with van der Waals surface area (Å²) in [6.07, 6.45) is 3.92. The van der Waals surface area contributed by atoms with Crippen molar-refractivity contribution in [2.45, 2.75) is 39.2 Å². The molecule has 0 atom stereocenters. The molecule has 1 fully saturated rings. The van der Waals surface area contributed by atoms with E-state index in [1.54, 1.807) is 37.1 Å². The standard InChI is InChI=1S/C21H20FN3O3S2/c1-3-28-20(27)18-12(2)24-21(30-18)25(15-8-9-15)19(26)16-11-23-17(29-16)10-13-4-6-14(22)7-5-13/h4-7,11,15H,3,8-10H2,1-2H3. The van der Waals surface area contributed by atoms with Crippen LogP contribution in [0.3, 0.4) is 0 Å². The zero-order valence-electron chi connectivity index (χ0n) is 16.6. The van der Waals surface area contributed by atoms with E-state index >= 15 is 0 Å². The van der Waals surface area contributed by atoms with Gasteiger partial charge in [0.1, 0.15) is 15.6 Å². The Kier molecular flexibility index (Phi) is 5.92. The third kappa shape index (κ3) is 4.41. The summed E-state index contributed by atoms with van der Waals surface area (Å²) in [5.74, 6) is -0.861. The molecule has 0 saturated heterocycles. The number of carbonyl (C=O) groups excluding carboxylic acids is 2. The number of ether oxygens (including phenoxy) is 1. The number of aryl methyl sites for hydroxylation is 1. The Balaban J connectivity index is 1.55. The van der Waals surface area contributed by atoms with Gasteiger partial charge in [0.05, 0.1) is 23.5 Å². The van der Waals surface area contributed by atoms with E-state index in [4.69, 9.17) is 4.74 Å². The fraction of sp³-hybridized carbons (Fsp3) is 0.333. The van der Waals surface area contributed by atoms with Gasteiger partial charge in [-0.15, -0.1) is 11.3 Å². The van der Waals surface area contributed by atoms with Gasteiger partial charge in [-0.25, -0.2) is 19.2 Å². The number of hydrogen-bond acceptors (Lipinski definition) is 7. The third-order valence-corrected chi connectivity index (χ3v) is 6.74. The summed E-state index contributed by atoms with van der Waals surface area (Å²) in [5.41, 5.74) is 1.49. The van der Waals surface area contributed by atoms with Crippen LogP contribution < -0.4 is 4.90 Å². The third-order valence-electron chi connectivity index (χ3n) is 4.62. The predicted molar refractivity (Wildman–Crippen MR) is 114 cm³/mol. The van der Waals surface area contributed by atoms with Crippen molar-refractivity contribution in [3.63, 3.8) is 0 Å². The Morgan fingerprint density at radius 2 is 1.97 bits per heavy atom. The molecular weight excluding hydrogens is 425 g/mol. The van der Waals surface area contributed by atoms with E-state index in [0.29, 0.717) is 27.0 Å². The summed E-state index contributed by atoms with van der Waals surface area (Å²) < 4.78 is 18.2. The van der Waals surface area contributed by atoms with Gasteiger partial charge < -0.3 is 4.74 Å². The smallest absolute Gasteiger partial charge is 0.350 e. The van der Waals surface area contributed by atoms with Gasteiger partial charge in [-0.2, -0.15) is 0 Å². The molecule has 156 valence electrons. The molecule has 1 saturated carbocycles. The van der Waals surface area contributed by atoms with Crippen molar-refractivity contribution in [3.05, 3.63) is 62.3 Å². The molecule has 1 amide bonds. The predicted octanol–water partition coefficient (Wildman–Crippen LogP) is 4.62. The van der Waals surface area contributed by atoms with Gasteiger partial charge in [0.2, 0.25) is 0 Å². The zero-order chi connectivity index (χ0) is 21.3. The molecule has 2 aromatic heterocycles. The molecule has 1 aliphatic carbocycles. The fourth-order valence-corrected chi connectivity index (χ4v) is 4.92. The summed E-state index contributed by atoms with van der Waals surface area (Å²) in [5, 5.41) is 1.29. The second-order valence-corrected chi connectivity index (χ2v) is 9.05. The molecule has 4 rings (SSSR count). The Bertz CT molecular complexity index is 1070. The van der Waals surface area contributed by atoms with Gasteiger partial charge in [0, 0.05) is 12.5 Å².